The first-order chi connectivity index (χ1) is 9.81. The molecule has 0 spiro atoms. The molecule has 3 aromatic rings. The molecule has 1 aromatic carbocycles. The number of aryl methyl sites for hydroxylation is 1. The highest BCUT2D eigenvalue weighted by Crippen LogP contribution is 2.10. The maximum Gasteiger partial charge on any atom is 0.200 e. The maximum atomic E-state index is 4.30. The molecule has 0 saturated heterocycles. The number of hydrogen-bond acceptors (Lipinski definition) is 5. The van der Waals surface area contributed by atoms with Gasteiger partial charge in [-0.2, -0.15) is 0 Å². The van der Waals surface area contributed by atoms with Crippen molar-refractivity contribution in [2.24, 2.45) is 0 Å². The van der Waals surface area contributed by atoms with Gasteiger partial charge >= 0.3 is 0 Å². The number of tetrazole rings is 1. The van der Waals surface area contributed by atoms with Crippen LogP contribution in [-0.2, 0) is 6.42 Å². The fraction of sp³-hybridized carbons (Fsp3) is 0.286. The molecule has 0 fully saturated rings. The van der Waals surface area contributed by atoms with Crippen LogP contribution in [0.1, 0.15) is 18.9 Å². The number of aromatic nitrogens is 5. The van der Waals surface area contributed by atoms with Gasteiger partial charge in [-0.25, -0.2) is 0 Å². The second kappa shape index (κ2) is 5.64. The molecule has 0 bridgehead atoms. The van der Waals surface area contributed by atoms with Crippen molar-refractivity contribution >= 4 is 11.5 Å². The fourth-order valence-electron chi connectivity index (χ4n) is 2.08. The van der Waals surface area contributed by atoms with Gasteiger partial charge in [0.2, 0.25) is 0 Å². The van der Waals surface area contributed by atoms with Gasteiger partial charge in [-0.3, -0.25) is 0 Å². The van der Waals surface area contributed by atoms with Crippen LogP contribution in [0.2, 0.25) is 0 Å². The number of nitrogens with one attached hydrogen (secondary N) is 1. The van der Waals surface area contributed by atoms with Crippen molar-refractivity contribution in [2.45, 2.75) is 25.8 Å². The molecule has 0 amide bonds. The fourth-order valence-corrected chi connectivity index (χ4v) is 2.08. The largest absolute Gasteiger partial charge is 0.366 e. The Balaban J connectivity index is 1.59. The summed E-state index contributed by atoms with van der Waals surface area (Å²) in [6.45, 7) is 2.15. The molecule has 2 aromatic heterocycles. The van der Waals surface area contributed by atoms with Crippen LogP contribution in [-0.4, -0.2) is 31.3 Å². The van der Waals surface area contributed by atoms with Crippen molar-refractivity contribution in [2.75, 3.05) is 5.32 Å². The van der Waals surface area contributed by atoms with Gasteiger partial charge in [0, 0.05) is 6.04 Å². The molecule has 0 radical (unpaired) electrons. The van der Waals surface area contributed by atoms with E-state index in [1.807, 2.05) is 18.2 Å². The van der Waals surface area contributed by atoms with E-state index in [4.69, 9.17) is 0 Å². The monoisotopic (exact) mass is 268 g/mol. The lowest BCUT2D eigenvalue weighted by Gasteiger charge is -2.14. The number of anilines is 1. The highest BCUT2D eigenvalue weighted by Gasteiger charge is 2.05. The molecule has 3 rings (SSSR count). The lowest BCUT2D eigenvalue weighted by Crippen LogP contribution is -2.17. The van der Waals surface area contributed by atoms with Crippen LogP contribution in [0.3, 0.4) is 0 Å². The molecule has 0 unspecified atom stereocenters. The zero-order valence-electron chi connectivity index (χ0n) is 11.3. The summed E-state index contributed by atoms with van der Waals surface area (Å²) in [6, 6.07) is 14.6. The van der Waals surface area contributed by atoms with Gasteiger partial charge < -0.3 is 5.32 Å². The van der Waals surface area contributed by atoms with Crippen LogP contribution in [0.5, 0.6) is 0 Å². The zero-order valence-corrected chi connectivity index (χ0v) is 11.3. The predicted molar refractivity (Wildman–Crippen MR) is 76.4 cm³/mol. The first-order valence-electron chi connectivity index (χ1n) is 6.67. The summed E-state index contributed by atoms with van der Waals surface area (Å²) in [4.78, 5) is 0. The van der Waals surface area contributed by atoms with Crippen LogP contribution >= 0.6 is 0 Å². The van der Waals surface area contributed by atoms with Crippen LogP contribution < -0.4 is 5.32 Å². The molecule has 102 valence electrons. The number of benzene rings is 1. The van der Waals surface area contributed by atoms with Crippen molar-refractivity contribution in [3.05, 3.63) is 48.0 Å². The van der Waals surface area contributed by atoms with E-state index in [0.717, 1.165) is 18.7 Å². The van der Waals surface area contributed by atoms with Gasteiger partial charge in [0.05, 0.1) is 0 Å². The topological polar surface area (TPSA) is 68.0 Å². The lowest BCUT2D eigenvalue weighted by atomic mass is 10.1. The summed E-state index contributed by atoms with van der Waals surface area (Å²) in [5, 5.41) is 18.8. The molecule has 6 heteroatoms. The van der Waals surface area contributed by atoms with E-state index in [0.29, 0.717) is 11.7 Å². The third-order valence-corrected chi connectivity index (χ3v) is 3.17. The lowest BCUT2D eigenvalue weighted by molar-refractivity contribution is 0.687. The number of fused-ring (bicyclic) bond motifs is 1. The normalized spacial score (nSPS) is 12.4. The number of nitrogens with zero attached hydrogens (tertiary/aromatic N) is 5. The predicted octanol–water partition coefficient (Wildman–Crippen LogP) is 1.95. The summed E-state index contributed by atoms with van der Waals surface area (Å²) in [6.07, 6.45) is 2.08. The standard InChI is InChI=1S/C14H16N6/c1-11(7-8-12-5-3-2-4-6-12)15-13-9-10-14-16-18-19-20(14)17-13/h2-6,9-11H,7-8H2,1H3,(H,15,17)/t11-/m0/s1. The van der Waals surface area contributed by atoms with Gasteiger partial charge in [-0.15, -0.1) is 14.8 Å². The zero-order chi connectivity index (χ0) is 13.8. The Kier molecular flexibility index (Phi) is 3.54. The van der Waals surface area contributed by atoms with E-state index in [9.17, 15) is 0 Å². The quantitative estimate of drug-likeness (QED) is 0.766. The van der Waals surface area contributed by atoms with Gasteiger partial charge in [0.25, 0.3) is 0 Å². The van der Waals surface area contributed by atoms with Gasteiger partial charge in [0.15, 0.2) is 5.65 Å². The Morgan fingerprint density at radius 1 is 1.15 bits per heavy atom. The van der Waals surface area contributed by atoms with Crippen LogP contribution in [0.25, 0.3) is 5.65 Å². The Morgan fingerprint density at radius 3 is 2.85 bits per heavy atom. The van der Waals surface area contributed by atoms with Crippen molar-refractivity contribution in [3.63, 3.8) is 0 Å². The van der Waals surface area contributed by atoms with Crippen LogP contribution in [0.4, 0.5) is 5.82 Å². The maximum absolute atomic E-state index is 4.30. The van der Waals surface area contributed by atoms with Crippen molar-refractivity contribution < 1.29 is 0 Å². The second-order valence-corrected chi connectivity index (χ2v) is 4.81. The molecule has 1 atom stereocenters. The summed E-state index contributed by atoms with van der Waals surface area (Å²) in [7, 11) is 0. The van der Waals surface area contributed by atoms with Crippen LogP contribution in [0.15, 0.2) is 42.5 Å². The molecule has 0 saturated carbocycles. The third kappa shape index (κ3) is 2.90. The van der Waals surface area contributed by atoms with E-state index in [1.54, 1.807) is 0 Å². The first kappa shape index (κ1) is 12.5. The van der Waals surface area contributed by atoms with Crippen LogP contribution in [0, 0.1) is 0 Å². The average Bonchev–Trinajstić information content (AvgIpc) is 2.94. The van der Waals surface area contributed by atoms with Gasteiger partial charge in [0.1, 0.15) is 5.82 Å². The van der Waals surface area contributed by atoms with E-state index < -0.39 is 0 Å². The molecular weight excluding hydrogens is 252 g/mol. The smallest absolute Gasteiger partial charge is 0.200 e. The van der Waals surface area contributed by atoms with Crippen molar-refractivity contribution in [1.29, 1.82) is 0 Å². The van der Waals surface area contributed by atoms with E-state index in [2.05, 4.69) is 57.1 Å². The second-order valence-electron chi connectivity index (χ2n) is 4.81. The molecular formula is C14H16N6. The summed E-state index contributed by atoms with van der Waals surface area (Å²) >= 11 is 0. The Labute approximate surface area is 116 Å². The van der Waals surface area contributed by atoms with Gasteiger partial charge in [-0.05, 0) is 47.9 Å². The highest BCUT2D eigenvalue weighted by molar-refractivity contribution is 5.42. The summed E-state index contributed by atoms with van der Waals surface area (Å²) in [5.74, 6) is 0.783. The Hall–Kier alpha value is -2.50. The molecule has 0 aliphatic rings. The first-order valence-corrected chi connectivity index (χ1v) is 6.67. The summed E-state index contributed by atoms with van der Waals surface area (Å²) in [5.41, 5.74) is 2.00. The minimum absolute atomic E-state index is 0.330. The molecule has 0 aliphatic heterocycles. The molecule has 6 nitrogen and oxygen atoms in total. The van der Waals surface area contributed by atoms with E-state index in [1.165, 1.54) is 10.2 Å². The molecule has 1 N–H and O–H groups in total. The molecule has 0 aliphatic carbocycles. The molecule has 2 heterocycles. The van der Waals surface area contributed by atoms with Gasteiger partial charge in [-0.1, -0.05) is 30.3 Å². The highest BCUT2D eigenvalue weighted by atomic mass is 15.6. The Morgan fingerprint density at radius 2 is 2.00 bits per heavy atom. The number of hydrogen-bond donors (Lipinski definition) is 1. The SMILES string of the molecule is C[C@@H](CCc1ccccc1)Nc1ccc2nnnn2n1. The van der Waals surface area contributed by atoms with Crippen molar-refractivity contribution in [3.8, 4) is 0 Å². The van der Waals surface area contributed by atoms with E-state index in [-0.39, 0.29) is 0 Å². The Bertz CT molecular complexity index is 678. The number of rotatable bonds is 5. The molecule has 20 heavy (non-hydrogen) atoms. The summed E-state index contributed by atoms with van der Waals surface area (Å²) < 4.78 is 1.42. The minimum Gasteiger partial charge on any atom is -0.366 e. The average molecular weight is 268 g/mol. The third-order valence-electron chi connectivity index (χ3n) is 3.17. The van der Waals surface area contributed by atoms with Crippen molar-refractivity contribution in [1.82, 2.24) is 25.3 Å². The van der Waals surface area contributed by atoms with E-state index >= 15 is 0 Å². The minimum atomic E-state index is 0.330.